The minimum absolute atomic E-state index is 0.400. The summed E-state index contributed by atoms with van der Waals surface area (Å²) in [4.78, 5) is 11.6. The van der Waals surface area contributed by atoms with Gasteiger partial charge in [-0.15, -0.1) is 0 Å². The van der Waals surface area contributed by atoms with E-state index in [9.17, 15) is 4.79 Å². The zero-order valence-corrected chi connectivity index (χ0v) is 10.0. The molecule has 1 unspecified atom stereocenters. The summed E-state index contributed by atoms with van der Waals surface area (Å²) >= 11 is 6.25. The van der Waals surface area contributed by atoms with E-state index in [-0.39, 0.29) is 0 Å². The summed E-state index contributed by atoms with van der Waals surface area (Å²) in [6.45, 7) is 1.57. The number of nitrogens with one attached hydrogen (secondary N) is 2. The summed E-state index contributed by atoms with van der Waals surface area (Å²) in [5, 5.41) is 6.61. The summed E-state index contributed by atoms with van der Waals surface area (Å²) in [5.74, 6) is 0. The summed E-state index contributed by atoms with van der Waals surface area (Å²) in [7, 11) is 0. The molecule has 3 rings (SSSR count). The van der Waals surface area contributed by atoms with Gasteiger partial charge in [-0.2, -0.15) is 0 Å². The van der Waals surface area contributed by atoms with Crippen molar-refractivity contribution in [3.63, 3.8) is 0 Å². The van der Waals surface area contributed by atoms with Crippen molar-refractivity contribution in [2.45, 2.75) is 18.4 Å². The first kappa shape index (κ1) is 10.9. The highest BCUT2D eigenvalue weighted by molar-refractivity contribution is 6.32. The Labute approximate surface area is 104 Å². The van der Waals surface area contributed by atoms with Crippen LogP contribution in [-0.4, -0.2) is 19.2 Å². The van der Waals surface area contributed by atoms with Crippen molar-refractivity contribution in [1.29, 1.82) is 0 Å². The van der Waals surface area contributed by atoms with Crippen LogP contribution in [0.15, 0.2) is 18.2 Å². The van der Waals surface area contributed by atoms with Gasteiger partial charge in [0.25, 0.3) is 0 Å². The van der Waals surface area contributed by atoms with Crippen LogP contribution in [0.1, 0.15) is 18.4 Å². The van der Waals surface area contributed by atoms with Crippen LogP contribution in [-0.2, 0) is 10.3 Å². The fourth-order valence-electron chi connectivity index (χ4n) is 2.63. The number of carbonyl (C=O) groups excluding carboxylic acids is 1. The van der Waals surface area contributed by atoms with Crippen LogP contribution >= 0.6 is 11.6 Å². The number of amides is 1. The summed E-state index contributed by atoms with van der Waals surface area (Å²) in [6.07, 6.45) is 1.38. The van der Waals surface area contributed by atoms with E-state index in [1.807, 2.05) is 18.2 Å². The largest absolute Gasteiger partial charge is 0.436 e. The predicted octanol–water partition coefficient (Wildman–Crippen LogP) is 2.48. The number of piperidine rings is 1. The van der Waals surface area contributed by atoms with Crippen molar-refractivity contribution in [1.82, 2.24) is 5.32 Å². The Morgan fingerprint density at radius 3 is 3.06 bits per heavy atom. The molecule has 17 heavy (non-hydrogen) atoms. The maximum Gasteiger partial charge on any atom is 0.412 e. The second kappa shape index (κ2) is 3.89. The third kappa shape index (κ3) is 1.68. The lowest BCUT2D eigenvalue weighted by atomic mass is 9.84. The Morgan fingerprint density at radius 2 is 2.29 bits per heavy atom. The molecule has 0 radical (unpaired) electrons. The molecule has 1 spiro atoms. The van der Waals surface area contributed by atoms with E-state index < -0.39 is 11.7 Å². The van der Waals surface area contributed by atoms with Crippen LogP contribution in [0.2, 0.25) is 5.02 Å². The Balaban J connectivity index is 2.15. The first-order valence-electron chi connectivity index (χ1n) is 5.71. The number of benzene rings is 1. The molecule has 1 fully saturated rings. The normalized spacial score (nSPS) is 27.2. The van der Waals surface area contributed by atoms with Gasteiger partial charge < -0.3 is 10.1 Å². The first-order chi connectivity index (χ1) is 8.21. The van der Waals surface area contributed by atoms with Gasteiger partial charge >= 0.3 is 6.09 Å². The SMILES string of the molecule is O=C1Nc2cccc(Cl)c2C2(CCCNC2)O1. The molecule has 1 saturated heterocycles. The zero-order valence-electron chi connectivity index (χ0n) is 9.25. The molecule has 2 aliphatic rings. The van der Waals surface area contributed by atoms with Crippen LogP contribution < -0.4 is 10.6 Å². The summed E-state index contributed by atoms with van der Waals surface area (Å²) in [6, 6.07) is 5.52. The van der Waals surface area contributed by atoms with E-state index in [1.54, 1.807) is 0 Å². The van der Waals surface area contributed by atoms with Gasteiger partial charge in [-0.05, 0) is 31.5 Å². The number of anilines is 1. The highest BCUT2D eigenvalue weighted by Gasteiger charge is 2.44. The monoisotopic (exact) mass is 252 g/mol. The van der Waals surface area contributed by atoms with Crippen molar-refractivity contribution in [2.75, 3.05) is 18.4 Å². The van der Waals surface area contributed by atoms with Gasteiger partial charge in [0.1, 0.15) is 0 Å². The number of fused-ring (bicyclic) bond motifs is 2. The minimum atomic E-state index is -0.603. The lowest BCUT2D eigenvalue weighted by Gasteiger charge is -2.41. The maximum absolute atomic E-state index is 11.6. The lowest BCUT2D eigenvalue weighted by Crippen LogP contribution is -2.50. The number of hydrogen-bond acceptors (Lipinski definition) is 3. The molecule has 1 atom stereocenters. The van der Waals surface area contributed by atoms with E-state index >= 15 is 0 Å². The quantitative estimate of drug-likeness (QED) is 0.746. The number of hydrogen-bond donors (Lipinski definition) is 2. The van der Waals surface area contributed by atoms with E-state index in [1.165, 1.54) is 0 Å². The second-order valence-corrected chi connectivity index (χ2v) is 4.86. The van der Waals surface area contributed by atoms with Gasteiger partial charge in [0, 0.05) is 17.1 Å². The van der Waals surface area contributed by atoms with Crippen LogP contribution in [0.5, 0.6) is 0 Å². The standard InChI is InChI=1S/C12H13ClN2O2/c13-8-3-1-4-9-10(8)12(17-11(16)15-9)5-2-6-14-7-12/h1,3-4,14H,2,5-7H2,(H,15,16). The molecule has 5 heteroatoms. The number of rotatable bonds is 0. The molecule has 2 aliphatic heterocycles. The Hall–Kier alpha value is -1.26. The number of halogens is 1. The topological polar surface area (TPSA) is 50.4 Å². The minimum Gasteiger partial charge on any atom is -0.436 e. The number of ether oxygens (including phenoxy) is 1. The molecule has 0 aliphatic carbocycles. The molecule has 0 bridgehead atoms. The van der Waals surface area contributed by atoms with Crippen LogP contribution in [0, 0.1) is 0 Å². The highest BCUT2D eigenvalue weighted by atomic mass is 35.5. The molecule has 1 aromatic carbocycles. The Morgan fingerprint density at radius 1 is 1.41 bits per heavy atom. The molecular weight excluding hydrogens is 240 g/mol. The van der Waals surface area contributed by atoms with Crippen LogP contribution in [0.25, 0.3) is 0 Å². The molecule has 1 amide bonds. The maximum atomic E-state index is 11.6. The highest BCUT2D eigenvalue weighted by Crippen LogP contribution is 2.43. The van der Waals surface area contributed by atoms with Crippen molar-refractivity contribution in [3.05, 3.63) is 28.8 Å². The van der Waals surface area contributed by atoms with Crippen LogP contribution in [0.3, 0.4) is 0 Å². The Bertz CT molecular complexity index is 470. The van der Waals surface area contributed by atoms with Gasteiger partial charge in [-0.25, -0.2) is 4.79 Å². The fourth-order valence-corrected chi connectivity index (χ4v) is 2.98. The van der Waals surface area contributed by atoms with Gasteiger partial charge in [0.15, 0.2) is 5.60 Å². The average Bonchev–Trinajstić information content (AvgIpc) is 2.29. The van der Waals surface area contributed by atoms with Crippen molar-refractivity contribution in [2.24, 2.45) is 0 Å². The molecule has 90 valence electrons. The van der Waals surface area contributed by atoms with E-state index in [0.29, 0.717) is 11.6 Å². The second-order valence-electron chi connectivity index (χ2n) is 4.45. The predicted molar refractivity (Wildman–Crippen MR) is 65.3 cm³/mol. The number of carbonyl (C=O) groups is 1. The van der Waals surface area contributed by atoms with Gasteiger partial charge in [-0.1, -0.05) is 17.7 Å². The van der Waals surface area contributed by atoms with Gasteiger partial charge in [0.05, 0.1) is 5.69 Å². The van der Waals surface area contributed by atoms with Gasteiger partial charge in [-0.3, -0.25) is 5.32 Å². The van der Waals surface area contributed by atoms with Crippen molar-refractivity contribution < 1.29 is 9.53 Å². The third-order valence-electron chi connectivity index (χ3n) is 3.34. The lowest BCUT2D eigenvalue weighted by molar-refractivity contribution is -0.00714. The summed E-state index contributed by atoms with van der Waals surface area (Å²) < 4.78 is 5.53. The van der Waals surface area contributed by atoms with E-state index in [4.69, 9.17) is 16.3 Å². The first-order valence-corrected chi connectivity index (χ1v) is 6.09. The average molecular weight is 253 g/mol. The third-order valence-corrected chi connectivity index (χ3v) is 3.65. The molecule has 1 aromatic rings. The molecule has 2 heterocycles. The van der Waals surface area contributed by atoms with Crippen LogP contribution in [0.4, 0.5) is 10.5 Å². The van der Waals surface area contributed by atoms with E-state index in [0.717, 1.165) is 30.6 Å². The smallest absolute Gasteiger partial charge is 0.412 e. The van der Waals surface area contributed by atoms with E-state index in [2.05, 4.69) is 10.6 Å². The fraction of sp³-hybridized carbons (Fsp3) is 0.417. The molecule has 2 N–H and O–H groups in total. The molecule has 0 saturated carbocycles. The Kier molecular flexibility index (Phi) is 2.49. The van der Waals surface area contributed by atoms with Crippen molar-refractivity contribution in [3.8, 4) is 0 Å². The summed E-state index contributed by atoms with van der Waals surface area (Å²) in [5.41, 5.74) is 1.06. The molecule has 0 aromatic heterocycles. The zero-order chi connectivity index (χ0) is 11.9. The molecular formula is C12H13ClN2O2. The van der Waals surface area contributed by atoms with Gasteiger partial charge in [0.2, 0.25) is 0 Å². The van der Waals surface area contributed by atoms with Crippen molar-refractivity contribution >= 4 is 23.4 Å². The molecule has 4 nitrogen and oxygen atoms in total.